The average Bonchev–Trinajstić information content (AvgIpc) is 2.72. The predicted molar refractivity (Wildman–Crippen MR) is 57.9 cm³/mol. The fraction of sp³-hybridized carbons (Fsp3) is 0.583. The van der Waals surface area contributed by atoms with Crippen molar-refractivity contribution in [3.63, 3.8) is 0 Å². The second-order valence-electron chi connectivity index (χ2n) is 4.27. The molecule has 0 amide bonds. The second kappa shape index (κ2) is 4.56. The molecule has 1 saturated carbocycles. The highest BCUT2D eigenvalue weighted by atomic mass is 14.7. The van der Waals surface area contributed by atoms with E-state index in [9.17, 15) is 0 Å². The first kappa shape index (κ1) is 9.66. The molecule has 0 aliphatic heterocycles. The van der Waals surface area contributed by atoms with Crippen molar-refractivity contribution in [3.8, 4) is 0 Å². The lowest BCUT2D eigenvalue weighted by Gasteiger charge is -2.18. The summed E-state index contributed by atoms with van der Waals surface area (Å²) in [5, 5.41) is 0. The molecule has 2 heteroatoms. The summed E-state index contributed by atoms with van der Waals surface area (Å²) in [6.45, 7) is 0. The Bertz CT molecular complexity index is 265. The minimum absolute atomic E-state index is 0.335. The van der Waals surface area contributed by atoms with Gasteiger partial charge in [0.15, 0.2) is 0 Å². The van der Waals surface area contributed by atoms with E-state index in [1.807, 2.05) is 18.5 Å². The Morgan fingerprint density at radius 2 is 2.21 bits per heavy atom. The highest BCUT2D eigenvalue weighted by Crippen LogP contribution is 2.27. The van der Waals surface area contributed by atoms with Gasteiger partial charge in [-0.1, -0.05) is 18.9 Å². The van der Waals surface area contributed by atoms with Crippen molar-refractivity contribution in [2.75, 3.05) is 0 Å². The van der Waals surface area contributed by atoms with Crippen LogP contribution < -0.4 is 5.73 Å². The van der Waals surface area contributed by atoms with Gasteiger partial charge in [0.05, 0.1) is 0 Å². The minimum Gasteiger partial charge on any atom is -0.327 e. The first-order valence-electron chi connectivity index (χ1n) is 5.51. The summed E-state index contributed by atoms with van der Waals surface area (Å²) in [6.07, 6.45) is 10.1. The monoisotopic (exact) mass is 190 g/mol. The highest BCUT2D eigenvalue weighted by Gasteiger charge is 2.21. The smallest absolute Gasteiger partial charge is 0.0300 e. The lowest BCUT2D eigenvalue weighted by atomic mass is 9.94. The van der Waals surface area contributed by atoms with Crippen LogP contribution in [0.25, 0.3) is 0 Å². The van der Waals surface area contributed by atoms with Gasteiger partial charge < -0.3 is 5.73 Å². The Balaban J connectivity index is 1.90. The standard InChI is InChI=1S/C12H18N2/c13-12(11-5-1-2-6-11)8-10-4-3-7-14-9-10/h3-4,7,9,11-12H,1-2,5-6,8,13H2/t12-/m0/s1. The first-order chi connectivity index (χ1) is 6.86. The van der Waals surface area contributed by atoms with Crippen molar-refractivity contribution in [1.29, 1.82) is 0 Å². The average molecular weight is 190 g/mol. The zero-order chi connectivity index (χ0) is 9.80. The Morgan fingerprint density at radius 1 is 1.43 bits per heavy atom. The van der Waals surface area contributed by atoms with Crippen LogP contribution in [-0.2, 0) is 6.42 Å². The Hall–Kier alpha value is -0.890. The molecule has 2 N–H and O–H groups in total. The van der Waals surface area contributed by atoms with E-state index in [-0.39, 0.29) is 0 Å². The molecule has 1 aliphatic rings. The van der Waals surface area contributed by atoms with E-state index in [1.54, 1.807) is 0 Å². The van der Waals surface area contributed by atoms with E-state index in [0.717, 1.165) is 12.3 Å². The third-order valence-corrected chi connectivity index (χ3v) is 3.20. The molecule has 0 unspecified atom stereocenters. The zero-order valence-electron chi connectivity index (χ0n) is 8.52. The molecule has 0 radical (unpaired) electrons. The molecule has 0 bridgehead atoms. The molecule has 2 nitrogen and oxygen atoms in total. The van der Waals surface area contributed by atoms with Crippen molar-refractivity contribution in [2.45, 2.75) is 38.1 Å². The minimum atomic E-state index is 0.335. The molecule has 0 aromatic carbocycles. The maximum Gasteiger partial charge on any atom is 0.0300 e. The van der Waals surface area contributed by atoms with Gasteiger partial charge in [0, 0.05) is 18.4 Å². The summed E-state index contributed by atoms with van der Waals surface area (Å²) < 4.78 is 0. The molecule has 1 atom stereocenters. The van der Waals surface area contributed by atoms with E-state index >= 15 is 0 Å². The van der Waals surface area contributed by atoms with Gasteiger partial charge >= 0.3 is 0 Å². The molecule has 1 heterocycles. The van der Waals surface area contributed by atoms with Crippen LogP contribution in [0, 0.1) is 5.92 Å². The quantitative estimate of drug-likeness (QED) is 0.793. The van der Waals surface area contributed by atoms with Gasteiger partial charge in [0.2, 0.25) is 0 Å². The number of rotatable bonds is 3. The van der Waals surface area contributed by atoms with Crippen LogP contribution in [0.1, 0.15) is 31.2 Å². The van der Waals surface area contributed by atoms with Crippen LogP contribution in [0.15, 0.2) is 24.5 Å². The van der Waals surface area contributed by atoms with E-state index < -0.39 is 0 Å². The van der Waals surface area contributed by atoms with E-state index in [0.29, 0.717) is 6.04 Å². The van der Waals surface area contributed by atoms with Gasteiger partial charge in [-0.15, -0.1) is 0 Å². The summed E-state index contributed by atoms with van der Waals surface area (Å²) in [7, 11) is 0. The van der Waals surface area contributed by atoms with Crippen LogP contribution in [0.2, 0.25) is 0 Å². The molecule has 0 spiro atoms. The van der Waals surface area contributed by atoms with Crippen molar-refractivity contribution < 1.29 is 0 Å². The molecule has 1 aliphatic carbocycles. The lowest BCUT2D eigenvalue weighted by Crippen LogP contribution is -2.30. The van der Waals surface area contributed by atoms with Crippen LogP contribution >= 0.6 is 0 Å². The maximum atomic E-state index is 6.18. The Kier molecular flexibility index (Phi) is 3.14. The normalized spacial score (nSPS) is 19.8. The number of aromatic nitrogens is 1. The SMILES string of the molecule is N[C@@H](Cc1cccnc1)C1CCCC1. The molecule has 1 aromatic heterocycles. The topological polar surface area (TPSA) is 38.9 Å². The van der Waals surface area contributed by atoms with E-state index in [1.165, 1.54) is 31.2 Å². The van der Waals surface area contributed by atoms with Crippen LogP contribution in [-0.4, -0.2) is 11.0 Å². The maximum absolute atomic E-state index is 6.18. The van der Waals surface area contributed by atoms with Gasteiger partial charge in [-0.05, 0) is 36.8 Å². The van der Waals surface area contributed by atoms with Crippen LogP contribution in [0.3, 0.4) is 0 Å². The van der Waals surface area contributed by atoms with Crippen molar-refractivity contribution >= 4 is 0 Å². The predicted octanol–water partition coefficient (Wildman–Crippen LogP) is 2.14. The molecule has 1 aromatic rings. The molecular weight excluding hydrogens is 172 g/mol. The first-order valence-corrected chi connectivity index (χ1v) is 5.51. The Labute approximate surface area is 85.5 Å². The summed E-state index contributed by atoms with van der Waals surface area (Å²) in [6, 6.07) is 4.43. The summed E-state index contributed by atoms with van der Waals surface area (Å²) >= 11 is 0. The van der Waals surface area contributed by atoms with Gasteiger partial charge in [-0.2, -0.15) is 0 Å². The fourth-order valence-electron chi connectivity index (χ4n) is 2.34. The summed E-state index contributed by atoms with van der Waals surface area (Å²) in [5.41, 5.74) is 7.45. The third kappa shape index (κ3) is 2.32. The highest BCUT2D eigenvalue weighted by molar-refractivity contribution is 5.10. The number of nitrogens with two attached hydrogens (primary N) is 1. The van der Waals surface area contributed by atoms with Crippen LogP contribution in [0.4, 0.5) is 0 Å². The molecule has 14 heavy (non-hydrogen) atoms. The van der Waals surface area contributed by atoms with Gasteiger partial charge in [0.1, 0.15) is 0 Å². The zero-order valence-corrected chi connectivity index (χ0v) is 8.52. The summed E-state index contributed by atoms with van der Waals surface area (Å²) in [4.78, 5) is 4.11. The lowest BCUT2D eigenvalue weighted by molar-refractivity contribution is 0.429. The number of nitrogens with zero attached hydrogens (tertiary/aromatic N) is 1. The number of hydrogen-bond donors (Lipinski definition) is 1. The third-order valence-electron chi connectivity index (χ3n) is 3.20. The molecule has 76 valence electrons. The fourth-order valence-corrected chi connectivity index (χ4v) is 2.34. The number of pyridine rings is 1. The molecule has 1 fully saturated rings. The van der Waals surface area contributed by atoms with Gasteiger partial charge in [-0.3, -0.25) is 4.98 Å². The van der Waals surface area contributed by atoms with Gasteiger partial charge in [-0.25, -0.2) is 0 Å². The van der Waals surface area contributed by atoms with Crippen molar-refractivity contribution in [2.24, 2.45) is 11.7 Å². The summed E-state index contributed by atoms with van der Waals surface area (Å²) in [5.74, 6) is 0.746. The van der Waals surface area contributed by atoms with Crippen molar-refractivity contribution in [3.05, 3.63) is 30.1 Å². The number of hydrogen-bond acceptors (Lipinski definition) is 2. The van der Waals surface area contributed by atoms with Crippen LogP contribution in [0.5, 0.6) is 0 Å². The largest absolute Gasteiger partial charge is 0.327 e. The van der Waals surface area contributed by atoms with Crippen molar-refractivity contribution in [1.82, 2.24) is 4.98 Å². The molecule has 2 rings (SSSR count). The second-order valence-corrected chi connectivity index (χ2v) is 4.27. The van der Waals surface area contributed by atoms with E-state index in [2.05, 4.69) is 11.1 Å². The Morgan fingerprint density at radius 3 is 2.86 bits per heavy atom. The van der Waals surface area contributed by atoms with Gasteiger partial charge in [0.25, 0.3) is 0 Å². The molecular formula is C12H18N2. The van der Waals surface area contributed by atoms with E-state index in [4.69, 9.17) is 5.73 Å². The molecule has 0 saturated heterocycles.